The summed E-state index contributed by atoms with van der Waals surface area (Å²) in [4.78, 5) is 30.1. The molecular weight excluding hydrogens is 630 g/mol. The molecule has 4 rings (SSSR count). The largest absolute Gasteiger partial charge is 0.494 e. The maximum absolute atomic E-state index is 14.4. The van der Waals surface area contributed by atoms with Gasteiger partial charge in [0.2, 0.25) is 11.8 Å². The molecule has 0 spiro atoms. The van der Waals surface area contributed by atoms with Crippen LogP contribution < -0.4 is 14.4 Å². The highest BCUT2D eigenvalue weighted by Gasteiger charge is 2.34. The van der Waals surface area contributed by atoms with Crippen LogP contribution in [0.15, 0.2) is 113 Å². The van der Waals surface area contributed by atoms with Crippen molar-refractivity contribution in [3.63, 3.8) is 0 Å². The second kappa shape index (κ2) is 15.8. The molecular formula is C34H36ClN3O5S2. The Bertz CT molecular complexity index is 1690. The van der Waals surface area contributed by atoms with Crippen LogP contribution in [0.5, 0.6) is 5.75 Å². The number of carbonyl (C=O) groups excluding carboxylic acids is 2. The number of nitrogens with zero attached hydrogens (tertiary/aromatic N) is 2. The summed E-state index contributed by atoms with van der Waals surface area (Å²) in [6.45, 7) is 1.78. The average Bonchev–Trinajstić information content (AvgIpc) is 3.06. The molecule has 1 N–H and O–H groups in total. The topological polar surface area (TPSA) is 96.0 Å². The lowest BCUT2D eigenvalue weighted by Gasteiger charge is -2.33. The highest BCUT2D eigenvalue weighted by molar-refractivity contribution is 7.98. The molecule has 2 amide bonds. The van der Waals surface area contributed by atoms with Crippen molar-refractivity contribution < 1.29 is 22.7 Å². The Kier molecular flexibility index (Phi) is 11.9. The molecule has 236 valence electrons. The molecule has 8 nitrogen and oxygen atoms in total. The molecule has 0 aliphatic rings. The summed E-state index contributed by atoms with van der Waals surface area (Å²) in [7, 11) is -2.70. The van der Waals surface area contributed by atoms with Crippen molar-refractivity contribution in [1.29, 1.82) is 0 Å². The maximum atomic E-state index is 14.4. The fraction of sp³-hybridized carbons (Fsp3) is 0.235. The third-order valence-corrected chi connectivity index (χ3v) is 9.89. The zero-order chi connectivity index (χ0) is 32.4. The predicted molar refractivity (Wildman–Crippen MR) is 180 cm³/mol. The Labute approximate surface area is 274 Å². The number of thioether (sulfide) groups is 1. The summed E-state index contributed by atoms with van der Waals surface area (Å²) >= 11 is 7.77. The summed E-state index contributed by atoms with van der Waals surface area (Å²) in [5.74, 6) is -0.366. The fourth-order valence-corrected chi connectivity index (χ4v) is 6.87. The van der Waals surface area contributed by atoms with Crippen LogP contribution in [0.1, 0.15) is 18.1 Å². The number of sulfonamides is 1. The molecule has 0 bridgehead atoms. The second-order valence-corrected chi connectivity index (χ2v) is 13.3. The third kappa shape index (κ3) is 8.81. The van der Waals surface area contributed by atoms with E-state index in [0.29, 0.717) is 22.9 Å². The van der Waals surface area contributed by atoms with E-state index in [9.17, 15) is 18.0 Å². The molecule has 0 saturated heterocycles. The van der Waals surface area contributed by atoms with E-state index >= 15 is 0 Å². The molecule has 0 aliphatic heterocycles. The van der Waals surface area contributed by atoms with Crippen molar-refractivity contribution in [2.75, 3.05) is 30.8 Å². The van der Waals surface area contributed by atoms with E-state index in [1.807, 2.05) is 49.6 Å². The van der Waals surface area contributed by atoms with Gasteiger partial charge in [0.1, 0.15) is 18.3 Å². The number of likely N-dealkylation sites (N-methyl/N-ethyl adjacent to an activating group) is 1. The Balaban J connectivity index is 1.78. The molecule has 0 radical (unpaired) electrons. The van der Waals surface area contributed by atoms with Crippen molar-refractivity contribution >= 4 is 50.9 Å². The SMILES string of the molecule is CCOc1ccc(N(CC(=O)N(Cc2cccc(Cl)c2)[C@@H](Cc2ccccc2)C(=O)NC)S(=O)(=O)c2ccc(SC)cc2)cc1. The summed E-state index contributed by atoms with van der Waals surface area (Å²) in [6, 6.07) is 28.5. The summed E-state index contributed by atoms with van der Waals surface area (Å²) in [6.07, 6.45) is 2.12. The first-order chi connectivity index (χ1) is 21.7. The first-order valence-electron chi connectivity index (χ1n) is 14.3. The first kappa shape index (κ1) is 33.9. The number of hydrogen-bond acceptors (Lipinski definition) is 6. The lowest BCUT2D eigenvalue weighted by atomic mass is 10.0. The molecule has 0 saturated carbocycles. The van der Waals surface area contributed by atoms with Gasteiger partial charge < -0.3 is 15.0 Å². The van der Waals surface area contributed by atoms with Gasteiger partial charge in [0.25, 0.3) is 10.0 Å². The highest BCUT2D eigenvalue weighted by Crippen LogP contribution is 2.28. The van der Waals surface area contributed by atoms with Gasteiger partial charge in [-0.3, -0.25) is 13.9 Å². The molecule has 1 atom stereocenters. The lowest BCUT2D eigenvalue weighted by Crippen LogP contribution is -2.53. The molecule has 45 heavy (non-hydrogen) atoms. The van der Waals surface area contributed by atoms with E-state index in [0.717, 1.165) is 14.8 Å². The molecule has 4 aromatic carbocycles. The average molecular weight is 666 g/mol. The van der Waals surface area contributed by atoms with Crippen LogP contribution in [0.25, 0.3) is 0 Å². The van der Waals surface area contributed by atoms with Crippen LogP contribution in [0.2, 0.25) is 5.02 Å². The molecule has 0 fully saturated rings. The van der Waals surface area contributed by atoms with Crippen LogP contribution in [0.4, 0.5) is 5.69 Å². The van der Waals surface area contributed by atoms with Gasteiger partial charge in [0, 0.05) is 29.9 Å². The minimum absolute atomic E-state index is 0.0316. The highest BCUT2D eigenvalue weighted by atomic mass is 35.5. The van der Waals surface area contributed by atoms with Gasteiger partial charge in [-0.2, -0.15) is 0 Å². The number of anilines is 1. The number of carbonyl (C=O) groups is 2. The van der Waals surface area contributed by atoms with Crippen molar-refractivity contribution in [3.05, 3.63) is 119 Å². The van der Waals surface area contributed by atoms with E-state index in [1.54, 1.807) is 54.6 Å². The summed E-state index contributed by atoms with van der Waals surface area (Å²) in [5.41, 5.74) is 1.82. The predicted octanol–water partition coefficient (Wildman–Crippen LogP) is 6.04. The number of hydrogen-bond donors (Lipinski definition) is 1. The van der Waals surface area contributed by atoms with Gasteiger partial charge in [-0.1, -0.05) is 54.1 Å². The first-order valence-corrected chi connectivity index (χ1v) is 17.4. The van der Waals surface area contributed by atoms with Gasteiger partial charge in [0.05, 0.1) is 17.2 Å². The minimum atomic E-state index is -4.21. The Hall–Kier alpha value is -3.99. The van der Waals surface area contributed by atoms with E-state index in [1.165, 1.54) is 35.8 Å². The van der Waals surface area contributed by atoms with Crippen LogP contribution in [0.3, 0.4) is 0 Å². The molecule has 0 aliphatic carbocycles. The number of nitrogens with one attached hydrogen (secondary N) is 1. The fourth-order valence-electron chi connectivity index (χ4n) is 4.83. The van der Waals surface area contributed by atoms with Crippen LogP contribution in [0, 0.1) is 0 Å². The maximum Gasteiger partial charge on any atom is 0.264 e. The van der Waals surface area contributed by atoms with Gasteiger partial charge in [-0.15, -0.1) is 11.8 Å². The smallest absolute Gasteiger partial charge is 0.264 e. The van der Waals surface area contributed by atoms with Gasteiger partial charge in [0.15, 0.2) is 0 Å². The van der Waals surface area contributed by atoms with Gasteiger partial charge in [-0.25, -0.2) is 8.42 Å². The van der Waals surface area contributed by atoms with Crippen LogP contribution in [-0.4, -0.2) is 57.6 Å². The monoisotopic (exact) mass is 665 g/mol. The quantitative estimate of drug-likeness (QED) is 0.165. The van der Waals surface area contributed by atoms with E-state index in [-0.39, 0.29) is 29.5 Å². The summed E-state index contributed by atoms with van der Waals surface area (Å²) in [5, 5.41) is 3.16. The number of amides is 2. The van der Waals surface area contributed by atoms with Gasteiger partial charge >= 0.3 is 0 Å². The zero-order valence-corrected chi connectivity index (χ0v) is 27.7. The van der Waals surface area contributed by atoms with E-state index in [4.69, 9.17) is 16.3 Å². The zero-order valence-electron chi connectivity index (χ0n) is 25.4. The molecule has 11 heteroatoms. The Morgan fingerprint density at radius 3 is 2.18 bits per heavy atom. The molecule has 4 aromatic rings. The van der Waals surface area contributed by atoms with E-state index < -0.39 is 28.5 Å². The van der Waals surface area contributed by atoms with Crippen LogP contribution in [-0.2, 0) is 32.6 Å². The Morgan fingerprint density at radius 1 is 0.911 bits per heavy atom. The third-order valence-electron chi connectivity index (χ3n) is 7.12. The molecule has 0 aromatic heterocycles. The number of halogens is 1. The van der Waals surface area contributed by atoms with Crippen LogP contribution >= 0.6 is 23.4 Å². The van der Waals surface area contributed by atoms with E-state index in [2.05, 4.69) is 5.32 Å². The van der Waals surface area contributed by atoms with Gasteiger partial charge in [-0.05, 0) is 85.0 Å². The summed E-state index contributed by atoms with van der Waals surface area (Å²) < 4.78 is 35.0. The lowest BCUT2D eigenvalue weighted by molar-refractivity contribution is -0.139. The molecule has 0 unspecified atom stereocenters. The van der Waals surface area contributed by atoms with Crippen molar-refractivity contribution in [1.82, 2.24) is 10.2 Å². The second-order valence-electron chi connectivity index (χ2n) is 10.1. The Morgan fingerprint density at radius 2 is 1.58 bits per heavy atom. The number of benzene rings is 4. The van der Waals surface area contributed by atoms with Crippen molar-refractivity contribution in [2.45, 2.75) is 35.7 Å². The number of ether oxygens (including phenoxy) is 1. The normalized spacial score (nSPS) is 11.8. The number of rotatable bonds is 14. The standard InChI is InChI=1S/C34H36ClN3O5S2/c1-4-43-29-15-13-28(14-16-29)38(45(41,42)31-19-17-30(44-3)18-20-31)24-33(39)37(23-26-11-8-12-27(35)21-26)32(34(40)36-2)22-25-9-6-5-7-10-25/h5-21,32H,4,22-24H2,1-3H3,(H,36,40)/t32-/m0/s1. The minimum Gasteiger partial charge on any atom is -0.494 e. The van der Waals surface area contributed by atoms with Crippen molar-refractivity contribution in [2.24, 2.45) is 0 Å². The van der Waals surface area contributed by atoms with Crippen molar-refractivity contribution in [3.8, 4) is 5.75 Å². The molecule has 0 heterocycles.